The summed E-state index contributed by atoms with van der Waals surface area (Å²) < 4.78 is 0. The van der Waals surface area contributed by atoms with Crippen LogP contribution in [-0.2, 0) is 12.8 Å². The third-order valence-electron chi connectivity index (χ3n) is 3.39. The summed E-state index contributed by atoms with van der Waals surface area (Å²) in [7, 11) is 0. The minimum absolute atomic E-state index is 0.658. The van der Waals surface area contributed by atoms with Crippen molar-refractivity contribution in [2.75, 3.05) is 11.9 Å². The molecule has 1 aliphatic rings. The van der Waals surface area contributed by atoms with Gasteiger partial charge in [0.2, 0.25) is 0 Å². The lowest BCUT2D eigenvalue weighted by molar-refractivity contribution is 0.935. The highest BCUT2D eigenvalue weighted by atomic mass is 32.1. The van der Waals surface area contributed by atoms with E-state index in [4.69, 9.17) is 4.98 Å². The standard InChI is InChI=1S/C15H15N3S/c1-2-6-17-15-11(9-16)8-10-3-4-13-12(5-7-19-13)14(10)18-15/h5,7-8H,2-4,6H2,1H3,(H,17,18). The number of nitrogens with zero attached hydrogens (tertiary/aromatic N) is 2. The van der Waals surface area contributed by atoms with Crippen molar-refractivity contribution in [2.45, 2.75) is 26.2 Å². The average molecular weight is 269 g/mol. The van der Waals surface area contributed by atoms with Gasteiger partial charge in [0.15, 0.2) is 0 Å². The van der Waals surface area contributed by atoms with Crippen molar-refractivity contribution in [3.63, 3.8) is 0 Å². The van der Waals surface area contributed by atoms with Crippen molar-refractivity contribution in [2.24, 2.45) is 0 Å². The second-order valence-corrected chi connectivity index (χ2v) is 5.69. The lowest BCUT2D eigenvalue weighted by atomic mass is 9.94. The molecule has 0 saturated heterocycles. The molecule has 0 unspecified atom stereocenters. The van der Waals surface area contributed by atoms with Crippen molar-refractivity contribution >= 4 is 17.2 Å². The first-order valence-corrected chi connectivity index (χ1v) is 7.46. The third-order valence-corrected chi connectivity index (χ3v) is 4.37. The monoisotopic (exact) mass is 269 g/mol. The molecule has 1 N–H and O–H groups in total. The zero-order chi connectivity index (χ0) is 13.2. The van der Waals surface area contributed by atoms with E-state index < -0.39 is 0 Å². The minimum atomic E-state index is 0.658. The summed E-state index contributed by atoms with van der Waals surface area (Å²) >= 11 is 1.80. The largest absolute Gasteiger partial charge is 0.369 e. The maximum atomic E-state index is 9.25. The number of pyridine rings is 1. The number of hydrogen-bond donors (Lipinski definition) is 1. The van der Waals surface area contributed by atoms with Gasteiger partial charge in [-0.3, -0.25) is 0 Å². The molecule has 0 aromatic carbocycles. The highest BCUT2D eigenvalue weighted by Crippen LogP contribution is 2.36. The molecule has 2 aromatic heterocycles. The van der Waals surface area contributed by atoms with Crippen LogP contribution in [0.3, 0.4) is 0 Å². The molecule has 3 rings (SSSR count). The zero-order valence-corrected chi connectivity index (χ0v) is 11.7. The van der Waals surface area contributed by atoms with Gasteiger partial charge in [0.1, 0.15) is 11.9 Å². The molecule has 0 amide bonds. The summed E-state index contributed by atoms with van der Waals surface area (Å²) in [6.07, 6.45) is 3.07. The van der Waals surface area contributed by atoms with Gasteiger partial charge in [0.25, 0.3) is 0 Å². The number of nitriles is 1. The molecule has 0 radical (unpaired) electrons. The molecule has 0 bridgehead atoms. The lowest BCUT2D eigenvalue weighted by Gasteiger charge is -2.17. The van der Waals surface area contributed by atoms with E-state index in [0.717, 1.165) is 37.3 Å². The minimum Gasteiger partial charge on any atom is -0.369 e. The summed E-state index contributed by atoms with van der Waals surface area (Å²) in [5.41, 5.74) is 4.16. The van der Waals surface area contributed by atoms with Gasteiger partial charge in [-0.25, -0.2) is 4.98 Å². The Morgan fingerprint density at radius 3 is 3.16 bits per heavy atom. The fourth-order valence-electron chi connectivity index (χ4n) is 2.44. The SMILES string of the molecule is CCCNc1nc2c(cc1C#N)CCc1sccc1-2. The van der Waals surface area contributed by atoms with Crippen LogP contribution in [0.4, 0.5) is 5.82 Å². The second-order valence-electron chi connectivity index (χ2n) is 4.69. The Kier molecular flexibility index (Phi) is 3.22. The Balaban J connectivity index is 2.10. The number of hydrogen-bond acceptors (Lipinski definition) is 4. The molecule has 96 valence electrons. The van der Waals surface area contributed by atoms with E-state index in [1.807, 2.05) is 6.07 Å². The smallest absolute Gasteiger partial charge is 0.144 e. The number of aryl methyl sites for hydroxylation is 2. The normalized spacial score (nSPS) is 12.4. The summed E-state index contributed by atoms with van der Waals surface area (Å²) in [6, 6.07) is 6.39. The number of rotatable bonds is 3. The summed E-state index contributed by atoms with van der Waals surface area (Å²) in [5, 5.41) is 14.6. The molecule has 2 heterocycles. The Bertz CT molecular complexity index is 652. The van der Waals surface area contributed by atoms with E-state index in [9.17, 15) is 5.26 Å². The van der Waals surface area contributed by atoms with Crippen LogP contribution < -0.4 is 5.32 Å². The van der Waals surface area contributed by atoms with E-state index in [2.05, 4.69) is 29.8 Å². The molecule has 3 nitrogen and oxygen atoms in total. The van der Waals surface area contributed by atoms with Gasteiger partial charge in [-0.15, -0.1) is 11.3 Å². The topological polar surface area (TPSA) is 48.7 Å². The fourth-order valence-corrected chi connectivity index (χ4v) is 3.32. The van der Waals surface area contributed by atoms with Crippen LogP contribution >= 0.6 is 11.3 Å². The van der Waals surface area contributed by atoms with Crippen LogP contribution in [-0.4, -0.2) is 11.5 Å². The van der Waals surface area contributed by atoms with Crippen molar-refractivity contribution in [3.05, 3.63) is 33.5 Å². The summed E-state index contributed by atoms with van der Waals surface area (Å²) in [6.45, 7) is 2.95. The van der Waals surface area contributed by atoms with Gasteiger partial charge in [-0.2, -0.15) is 5.26 Å². The van der Waals surface area contributed by atoms with E-state index in [1.54, 1.807) is 11.3 Å². The number of anilines is 1. The van der Waals surface area contributed by atoms with Crippen LogP contribution in [0, 0.1) is 11.3 Å². The lowest BCUT2D eigenvalue weighted by Crippen LogP contribution is -2.09. The van der Waals surface area contributed by atoms with Gasteiger partial charge in [-0.1, -0.05) is 6.92 Å². The predicted octanol–water partition coefficient (Wildman–Crippen LogP) is 3.60. The highest BCUT2D eigenvalue weighted by molar-refractivity contribution is 7.10. The van der Waals surface area contributed by atoms with E-state index in [0.29, 0.717) is 5.56 Å². The molecular weight excluding hydrogens is 254 g/mol. The van der Waals surface area contributed by atoms with Gasteiger partial charge >= 0.3 is 0 Å². The molecule has 0 aliphatic heterocycles. The third kappa shape index (κ3) is 2.11. The molecule has 0 fully saturated rings. The average Bonchev–Trinajstić information content (AvgIpc) is 2.92. The van der Waals surface area contributed by atoms with Gasteiger partial charge < -0.3 is 5.32 Å². The van der Waals surface area contributed by atoms with E-state index in [-0.39, 0.29) is 0 Å². The Morgan fingerprint density at radius 1 is 1.47 bits per heavy atom. The quantitative estimate of drug-likeness (QED) is 0.926. The molecule has 0 spiro atoms. The summed E-state index contributed by atoms with van der Waals surface area (Å²) in [4.78, 5) is 6.12. The van der Waals surface area contributed by atoms with Crippen molar-refractivity contribution in [1.29, 1.82) is 5.26 Å². The van der Waals surface area contributed by atoms with E-state index >= 15 is 0 Å². The van der Waals surface area contributed by atoms with Gasteiger partial charge in [0, 0.05) is 17.0 Å². The van der Waals surface area contributed by atoms with E-state index in [1.165, 1.54) is 16.0 Å². The van der Waals surface area contributed by atoms with Gasteiger partial charge in [-0.05, 0) is 42.3 Å². The summed E-state index contributed by atoms with van der Waals surface area (Å²) in [5.74, 6) is 0.724. The second kappa shape index (κ2) is 5.02. The molecule has 0 atom stereocenters. The van der Waals surface area contributed by atoms with Crippen molar-refractivity contribution in [1.82, 2.24) is 4.98 Å². The molecule has 4 heteroatoms. The first-order chi connectivity index (χ1) is 9.33. The number of fused-ring (bicyclic) bond motifs is 3. The Hall–Kier alpha value is -1.86. The molecule has 2 aromatic rings. The Labute approximate surface area is 116 Å². The highest BCUT2D eigenvalue weighted by Gasteiger charge is 2.20. The molecular formula is C15H15N3S. The molecule has 1 aliphatic carbocycles. The first-order valence-electron chi connectivity index (χ1n) is 6.58. The van der Waals surface area contributed by atoms with Crippen LogP contribution in [0.5, 0.6) is 0 Å². The van der Waals surface area contributed by atoms with Crippen LogP contribution in [0.25, 0.3) is 11.3 Å². The number of aromatic nitrogens is 1. The van der Waals surface area contributed by atoms with Crippen LogP contribution in [0.15, 0.2) is 17.5 Å². The maximum Gasteiger partial charge on any atom is 0.144 e. The van der Waals surface area contributed by atoms with Crippen LogP contribution in [0.1, 0.15) is 29.3 Å². The molecule has 0 saturated carbocycles. The van der Waals surface area contributed by atoms with Gasteiger partial charge in [0.05, 0.1) is 11.3 Å². The number of thiophene rings is 1. The van der Waals surface area contributed by atoms with Crippen molar-refractivity contribution < 1.29 is 0 Å². The fraction of sp³-hybridized carbons (Fsp3) is 0.333. The maximum absolute atomic E-state index is 9.25. The van der Waals surface area contributed by atoms with Crippen LogP contribution in [0.2, 0.25) is 0 Å². The van der Waals surface area contributed by atoms with Crippen molar-refractivity contribution in [3.8, 4) is 17.3 Å². The zero-order valence-electron chi connectivity index (χ0n) is 10.9. The first kappa shape index (κ1) is 12.2. The Morgan fingerprint density at radius 2 is 2.37 bits per heavy atom. The predicted molar refractivity (Wildman–Crippen MR) is 78.5 cm³/mol. The molecule has 19 heavy (non-hydrogen) atoms. The number of nitrogens with one attached hydrogen (secondary N) is 1.